The lowest BCUT2D eigenvalue weighted by atomic mass is 9.53. The van der Waals surface area contributed by atoms with E-state index in [1.807, 2.05) is 11.3 Å². The van der Waals surface area contributed by atoms with Gasteiger partial charge in [-0.15, -0.1) is 22.7 Å². The minimum Gasteiger partial charge on any atom is -0.306 e. The second-order valence-corrected chi connectivity index (χ2v) is 10.4. The van der Waals surface area contributed by atoms with Gasteiger partial charge in [-0.2, -0.15) is 0 Å². The summed E-state index contributed by atoms with van der Waals surface area (Å²) in [5, 5.41) is 3.99. The molecule has 2 aromatic rings. The summed E-state index contributed by atoms with van der Waals surface area (Å²) in [6.45, 7) is 1.05. The number of rotatable bonds is 3. The predicted octanol–water partition coefficient (Wildman–Crippen LogP) is 5.67. The molecule has 4 aliphatic carbocycles. The fraction of sp³-hybridized carbons (Fsp3) is 0.647. The summed E-state index contributed by atoms with van der Waals surface area (Å²) >= 11 is 9.69. The first-order valence-corrected chi connectivity index (χ1v) is 10.1. The number of halogens is 1. The van der Waals surface area contributed by atoms with Crippen LogP contribution in [0, 0.1) is 17.8 Å². The lowest BCUT2D eigenvalue weighted by Crippen LogP contribution is -2.58. The molecule has 0 aliphatic heterocycles. The van der Waals surface area contributed by atoms with Crippen LogP contribution in [0.4, 0.5) is 0 Å². The van der Waals surface area contributed by atoms with Crippen LogP contribution in [0.2, 0.25) is 4.34 Å². The molecule has 0 aromatic carbocycles. The molecule has 112 valence electrons. The van der Waals surface area contributed by atoms with Gasteiger partial charge in [0, 0.05) is 26.4 Å². The molecule has 0 saturated heterocycles. The van der Waals surface area contributed by atoms with Crippen molar-refractivity contribution >= 4 is 43.7 Å². The van der Waals surface area contributed by atoms with Gasteiger partial charge in [-0.25, -0.2) is 0 Å². The lowest BCUT2D eigenvalue weighted by molar-refractivity contribution is -0.0204. The van der Waals surface area contributed by atoms with Crippen molar-refractivity contribution in [2.75, 3.05) is 0 Å². The van der Waals surface area contributed by atoms with E-state index in [0.717, 1.165) is 28.6 Å². The molecular formula is C17H20ClNS2. The van der Waals surface area contributed by atoms with Crippen molar-refractivity contribution < 1.29 is 0 Å². The Labute approximate surface area is 138 Å². The van der Waals surface area contributed by atoms with E-state index in [1.54, 1.807) is 11.3 Å². The van der Waals surface area contributed by atoms with Gasteiger partial charge in [0.1, 0.15) is 0 Å². The number of hydrogen-bond acceptors (Lipinski definition) is 3. The summed E-state index contributed by atoms with van der Waals surface area (Å²) < 4.78 is 3.62. The first-order chi connectivity index (χ1) is 10.2. The van der Waals surface area contributed by atoms with Gasteiger partial charge in [0.05, 0.1) is 4.34 Å². The van der Waals surface area contributed by atoms with Gasteiger partial charge in [-0.05, 0) is 68.4 Å². The fourth-order valence-corrected chi connectivity index (χ4v) is 8.05. The highest BCUT2D eigenvalue weighted by Gasteiger charge is 2.50. The van der Waals surface area contributed by atoms with Crippen LogP contribution in [0.1, 0.15) is 43.4 Å². The maximum absolute atomic E-state index is 6.07. The first-order valence-electron chi connectivity index (χ1n) is 8.10. The number of fused-ring (bicyclic) bond motifs is 1. The van der Waals surface area contributed by atoms with Gasteiger partial charge < -0.3 is 5.32 Å². The maximum Gasteiger partial charge on any atom is 0.0949 e. The molecule has 4 bridgehead atoms. The number of hydrogen-bond donors (Lipinski definition) is 1. The highest BCUT2D eigenvalue weighted by atomic mass is 35.5. The quantitative estimate of drug-likeness (QED) is 0.760. The van der Waals surface area contributed by atoms with Crippen LogP contribution in [-0.2, 0) is 6.54 Å². The smallest absolute Gasteiger partial charge is 0.0949 e. The van der Waals surface area contributed by atoms with Gasteiger partial charge in [0.25, 0.3) is 0 Å². The summed E-state index contributed by atoms with van der Waals surface area (Å²) in [6.07, 6.45) is 8.87. The molecule has 2 aromatic heterocycles. The molecule has 4 aliphatic rings. The Bertz CT molecular complexity index is 619. The van der Waals surface area contributed by atoms with E-state index in [2.05, 4.69) is 17.4 Å². The van der Waals surface area contributed by atoms with Crippen LogP contribution in [-0.4, -0.2) is 5.54 Å². The van der Waals surface area contributed by atoms with Crippen molar-refractivity contribution in [1.29, 1.82) is 0 Å². The Hall–Kier alpha value is -0.0900. The molecule has 0 amide bonds. The van der Waals surface area contributed by atoms with Crippen LogP contribution in [0.25, 0.3) is 9.40 Å². The van der Waals surface area contributed by atoms with E-state index in [-0.39, 0.29) is 0 Å². The Morgan fingerprint density at radius 3 is 2.24 bits per heavy atom. The Kier molecular flexibility index (Phi) is 2.99. The minimum absolute atomic E-state index is 0.476. The minimum atomic E-state index is 0.476. The second kappa shape index (κ2) is 4.70. The largest absolute Gasteiger partial charge is 0.306 e. The Morgan fingerprint density at radius 1 is 1.00 bits per heavy atom. The van der Waals surface area contributed by atoms with Crippen molar-refractivity contribution in [2.45, 2.75) is 50.6 Å². The zero-order chi connectivity index (χ0) is 14.0. The van der Waals surface area contributed by atoms with Crippen LogP contribution in [0.15, 0.2) is 12.1 Å². The predicted molar refractivity (Wildman–Crippen MR) is 92.5 cm³/mol. The highest BCUT2D eigenvalue weighted by molar-refractivity contribution is 7.29. The van der Waals surface area contributed by atoms with Crippen molar-refractivity contribution in [3.05, 3.63) is 21.3 Å². The average molecular weight is 338 g/mol. The summed E-state index contributed by atoms with van der Waals surface area (Å²) in [4.78, 5) is 1.48. The maximum atomic E-state index is 6.07. The zero-order valence-corrected chi connectivity index (χ0v) is 14.4. The van der Waals surface area contributed by atoms with Gasteiger partial charge in [-0.1, -0.05) is 11.6 Å². The van der Waals surface area contributed by atoms with E-state index in [4.69, 9.17) is 11.6 Å². The zero-order valence-electron chi connectivity index (χ0n) is 12.0. The SMILES string of the molecule is Clc1cc2sc(CNC34CC5CC(CC(C5)C3)C4)cc2s1. The van der Waals surface area contributed by atoms with Crippen molar-refractivity contribution in [2.24, 2.45) is 17.8 Å². The molecule has 21 heavy (non-hydrogen) atoms. The molecule has 0 atom stereocenters. The van der Waals surface area contributed by atoms with E-state index in [9.17, 15) is 0 Å². The summed E-state index contributed by atoms with van der Waals surface area (Å²) in [7, 11) is 0. The van der Waals surface area contributed by atoms with Gasteiger partial charge >= 0.3 is 0 Å². The topological polar surface area (TPSA) is 12.0 Å². The number of nitrogens with one attached hydrogen (secondary N) is 1. The van der Waals surface area contributed by atoms with Gasteiger partial charge in [0.15, 0.2) is 0 Å². The molecule has 1 N–H and O–H groups in total. The molecule has 0 spiro atoms. The van der Waals surface area contributed by atoms with Crippen molar-refractivity contribution in [1.82, 2.24) is 5.32 Å². The Balaban J connectivity index is 1.34. The Morgan fingerprint density at radius 2 is 1.62 bits per heavy atom. The molecule has 4 saturated carbocycles. The third-order valence-corrected chi connectivity index (χ3v) is 8.33. The van der Waals surface area contributed by atoms with Crippen molar-refractivity contribution in [3.8, 4) is 0 Å². The van der Waals surface area contributed by atoms with Gasteiger partial charge in [-0.3, -0.25) is 0 Å². The third-order valence-electron chi connectivity index (χ3n) is 5.90. The highest BCUT2D eigenvalue weighted by Crippen LogP contribution is 2.55. The second-order valence-electron chi connectivity index (χ2n) is 7.54. The molecule has 4 fully saturated rings. The van der Waals surface area contributed by atoms with E-state index in [0.29, 0.717) is 5.54 Å². The van der Waals surface area contributed by atoms with E-state index < -0.39 is 0 Å². The first kappa shape index (κ1) is 13.4. The normalized spacial score (nSPS) is 37.7. The molecule has 6 rings (SSSR count). The summed E-state index contributed by atoms with van der Waals surface area (Å²) in [5.41, 5.74) is 0.476. The van der Waals surface area contributed by atoms with Crippen molar-refractivity contribution in [3.63, 3.8) is 0 Å². The molecule has 0 radical (unpaired) electrons. The third kappa shape index (κ3) is 2.28. The van der Waals surface area contributed by atoms with E-state index in [1.165, 1.54) is 52.8 Å². The lowest BCUT2D eigenvalue weighted by Gasteiger charge is -2.57. The molecular weight excluding hydrogens is 318 g/mol. The number of thiophene rings is 2. The average Bonchev–Trinajstić information content (AvgIpc) is 2.91. The molecule has 1 nitrogen and oxygen atoms in total. The monoisotopic (exact) mass is 337 g/mol. The fourth-order valence-electron chi connectivity index (χ4n) is 5.55. The standard InChI is InChI=1S/C17H20ClNS2/c18-16-5-15-14(21-16)4-13(20-15)9-19-17-6-10-1-11(7-17)3-12(2-10)8-17/h4-5,10-12,19H,1-3,6-9H2. The van der Waals surface area contributed by atoms with Crippen LogP contribution in [0.3, 0.4) is 0 Å². The molecule has 2 heterocycles. The van der Waals surface area contributed by atoms with Crippen LogP contribution < -0.4 is 5.32 Å². The summed E-state index contributed by atoms with van der Waals surface area (Å²) in [6, 6.07) is 4.45. The van der Waals surface area contributed by atoms with E-state index >= 15 is 0 Å². The van der Waals surface area contributed by atoms with Crippen LogP contribution >= 0.6 is 34.3 Å². The van der Waals surface area contributed by atoms with Crippen LogP contribution in [0.5, 0.6) is 0 Å². The molecule has 4 heteroatoms. The molecule has 0 unspecified atom stereocenters. The summed E-state index contributed by atoms with van der Waals surface area (Å²) in [5.74, 6) is 3.07. The van der Waals surface area contributed by atoms with Gasteiger partial charge in [0.2, 0.25) is 0 Å².